The van der Waals surface area contributed by atoms with E-state index in [2.05, 4.69) is 13.8 Å². The van der Waals surface area contributed by atoms with Crippen LogP contribution in [-0.2, 0) is 9.84 Å². The van der Waals surface area contributed by atoms with Crippen LogP contribution in [0.2, 0.25) is 0 Å². The number of aliphatic hydroxyl groups excluding tert-OH is 1. The van der Waals surface area contributed by atoms with E-state index >= 15 is 0 Å². The van der Waals surface area contributed by atoms with Crippen LogP contribution in [0.25, 0.3) is 0 Å². The fourth-order valence-corrected chi connectivity index (χ4v) is 2.81. The normalized spacial score (nSPS) is 13.7. The average Bonchev–Trinajstić information content (AvgIpc) is 2.38. The molecule has 1 atom stereocenters. The first-order valence-corrected chi connectivity index (χ1v) is 8.66. The molecule has 1 unspecified atom stereocenters. The summed E-state index contributed by atoms with van der Waals surface area (Å²) >= 11 is 0. The Kier molecular flexibility index (Phi) is 6.01. The average molecular weight is 284 g/mol. The van der Waals surface area contributed by atoms with Crippen LogP contribution in [-0.4, -0.2) is 25.0 Å². The Hall–Kier alpha value is -0.870. The van der Waals surface area contributed by atoms with E-state index in [4.69, 9.17) is 0 Å². The summed E-state index contributed by atoms with van der Waals surface area (Å²) in [6.07, 6.45) is 0.414. The van der Waals surface area contributed by atoms with Gasteiger partial charge in [-0.15, -0.1) is 0 Å². The molecule has 0 aliphatic heterocycles. The minimum absolute atomic E-state index is 0.157. The van der Waals surface area contributed by atoms with Gasteiger partial charge in [0.15, 0.2) is 0 Å². The standard InChI is InChI=1S/C15H24O3S/c1-4-19(17,18)11-5-6-15(16)14-9-7-13(8-10-14)12(2)3/h7-10,12,15-16H,4-6,11H2,1-3H3. The van der Waals surface area contributed by atoms with Crippen molar-refractivity contribution >= 4 is 9.84 Å². The van der Waals surface area contributed by atoms with Crippen molar-refractivity contribution in [2.45, 2.75) is 45.6 Å². The fourth-order valence-electron chi connectivity index (χ4n) is 1.91. The molecule has 1 N–H and O–H groups in total. The third-order valence-corrected chi connectivity index (χ3v) is 5.15. The van der Waals surface area contributed by atoms with Gasteiger partial charge in [0.25, 0.3) is 0 Å². The van der Waals surface area contributed by atoms with E-state index in [1.807, 2.05) is 24.3 Å². The van der Waals surface area contributed by atoms with E-state index in [1.165, 1.54) is 5.56 Å². The highest BCUT2D eigenvalue weighted by atomic mass is 32.2. The highest BCUT2D eigenvalue weighted by molar-refractivity contribution is 7.91. The van der Waals surface area contributed by atoms with Crippen molar-refractivity contribution in [1.82, 2.24) is 0 Å². The molecule has 0 aliphatic rings. The highest BCUT2D eigenvalue weighted by Gasteiger charge is 2.11. The van der Waals surface area contributed by atoms with Crippen LogP contribution in [0.4, 0.5) is 0 Å². The van der Waals surface area contributed by atoms with Gasteiger partial charge in [-0.25, -0.2) is 8.42 Å². The van der Waals surface area contributed by atoms with Gasteiger partial charge in [0.1, 0.15) is 9.84 Å². The van der Waals surface area contributed by atoms with Crippen molar-refractivity contribution in [3.05, 3.63) is 35.4 Å². The predicted molar refractivity (Wildman–Crippen MR) is 79.1 cm³/mol. The number of hydrogen-bond donors (Lipinski definition) is 1. The molecule has 108 valence electrons. The first kappa shape index (κ1) is 16.2. The zero-order valence-corrected chi connectivity index (χ0v) is 12.8. The van der Waals surface area contributed by atoms with Gasteiger partial charge >= 0.3 is 0 Å². The van der Waals surface area contributed by atoms with Crippen molar-refractivity contribution < 1.29 is 13.5 Å². The monoisotopic (exact) mass is 284 g/mol. The van der Waals surface area contributed by atoms with Crippen LogP contribution >= 0.6 is 0 Å². The minimum Gasteiger partial charge on any atom is -0.388 e. The first-order valence-electron chi connectivity index (χ1n) is 6.84. The molecule has 0 saturated carbocycles. The van der Waals surface area contributed by atoms with E-state index < -0.39 is 15.9 Å². The molecule has 1 aromatic carbocycles. The second-order valence-corrected chi connectivity index (χ2v) is 7.69. The maximum atomic E-state index is 11.4. The Labute approximate surface area is 116 Å². The summed E-state index contributed by atoms with van der Waals surface area (Å²) in [5, 5.41) is 10.0. The molecule has 0 aliphatic carbocycles. The Morgan fingerprint density at radius 3 is 2.11 bits per heavy atom. The largest absolute Gasteiger partial charge is 0.388 e. The summed E-state index contributed by atoms with van der Waals surface area (Å²) in [5.74, 6) is 0.803. The third kappa shape index (κ3) is 5.33. The van der Waals surface area contributed by atoms with Crippen molar-refractivity contribution in [1.29, 1.82) is 0 Å². The smallest absolute Gasteiger partial charge is 0.150 e. The number of benzene rings is 1. The Bertz CT molecular complexity index is 475. The van der Waals surface area contributed by atoms with Crippen molar-refractivity contribution in [2.75, 3.05) is 11.5 Å². The zero-order chi connectivity index (χ0) is 14.5. The highest BCUT2D eigenvalue weighted by Crippen LogP contribution is 2.21. The molecule has 0 spiro atoms. The molecular weight excluding hydrogens is 260 g/mol. The summed E-state index contributed by atoms with van der Waals surface area (Å²) in [7, 11) is -2.93. The van der Waals surface area contributed by atoms with Crippen LogP contribution in [0, 0.1) is 0 Å². The topological polar surface area (TPSA) is 54.4 Å². The van der Waals surface area contributed by atoms with Gasteiger partial charge in [-0.2, -0.15) is 0 Å². The van der Waals surface area contributed by atoms with Crippen LogP contribution in [0.5, 0.6) is 0 Å². The molecule has 0 bridgehead atoms. The lowest BCUT2D eigenvalue weighted by Gasteiger charge is -2.12. The SMILES string of the molecule is CCS(=O)(=O)CCCC(O)c1ccc(C(C)C)cc1. The summed E-state index contributed by atoms with van der Waals surface area (Å²) in [4.78, 5) is 0. The lowest BCUT2D eigenvalue weighted by molar-refractivity contribution is 0.166. The second kappa shape index (κ2) is 7.06. The van der Waals surface area contributed by atoms with E-state index in [1.54, 1.807) is 6.92 Å². The van der Waals surface area contributed by atoms with Crippen LogP contribution < -0.4 is 0 Å². The molecule has 1 aromatic rings. The summed E-state index contributed by atoms with van der Waals surface area (Å²) < 4.78 is 22.7. The van der Waals surface area contributed by atoms with E-state index in [0.29, 0.717) is 18.8 Å². The predicted octanol–water partition coefficient (Wildman–Crippen LogP) is 3.06. The maximum Gasteiger partial charge on any atom is 0.150 e. The van der Waals surface area contributed by atoms with Gasteiger partial charge < -0.3 is 5.11 Å². The molecule has 0 fully saturated rings. The van der Waals surface area contributed by atoms with Crippen LogP contribution in [0.3, 0.4) is 0 Å². The molecular formula is C15H24O3S. The molecule has 0 amide bonds. The van der Waals surface area contributed by atoms with E-state index in [0.717, 1.165) is 5.56 Å². The van der Waals surface area contributed by atoms with Crippen molar-refractivity contribution in [3.8, 4) is 0 Å². The Morgan fingerprint density at radius 2 is 1.63 bits per heavy atom. The Balaban J connectivity index is 2.52. The van der Waals surface area contributed by atoms with Gasteiger partial charge in [-0.1, -0.05) is 45.0 Å². The van der Waals surface area contributed by atoms with Gasteiger partial charge in [0.05, 0.1) is 11.9 Å². The van der Waals surface area contributed by atoms with E-state index in [9.17, 15) is 13.5 Å². The molecule has 0 heterocycles. The third-order valence-electron chi connectivity index (χ3n) is 3.36. The number of sulfone groups is 1. The summed E-state index contributed by atoms with van der Waals surface area (Å²) in [6.45, 7) is 5.90. The first-order chi connectivity index (χ1) is 8.85. The zero-order valence-electron chi connectivity index (χ0n) is 12.0. The van der Waals surface area contributed by atoms with Gasteiger partial charge in [0.2, 0.25) is 0 Å². The molecule has 0 radical (unpaired) electrons. The van der Waals surface area contributed by atoms with Crippen molar-refractivity contribution in [3.63, 3.8) is 0 Å². The lowest BCUT2D eigenvalue weighted by Crippen LogP contribution is -2.10. The van der Waals surface area contributed by atoms with Crippen LogP contribution in [0.15, 0.2) is 24.3 Å². The van der Waals surface area contributed by atoms with E-state index in [-0.39, 0.29) is 11.5 Å². The quantitative estimate of drug-likeness (QED) is 0.837. The molecule has 0 aromatic heterocycles. The number of aliphatic hydroxyl groups is 1. The molecule has 19 heavy (non-hydrogen) atoms. The number of hydrogen-bond acceptors (Lipinski definition) is 3. The summed E-state index contributed by atoms with van der Waals surface area (Å²) in [5.41, 5.74) is 2.10. The summed E-state index contributed by atoms with van der Waals surface area (Å²) in [6, 6.07) is 7.89. The van der Waals surface area contributed by atoms with Crippen LogP contribution in [0.1, 0.15) is 56.8 Å². The molecule has 1 rings (SSSR count). The number of rotatable bonds is 7. The van der Waals surface area contributed by atoms with Gasteiger partial charge in [-0.05, 0) is 29.9 Å². The molecule has 0 saturated heterocycles. The van der Waals surface area contributed by atoms with Gasteiger partial charge in [0, 0.05) is 5.75 Å². The minimum atomic E-state index is -2.93. The molecule has 3 nitrogen and oxygen atoms in total. The Morgan fingerprint density at radius 1 is 1.11 bits per heavy atom. The molecule has 4 heteroatoms. The maximum absolute atomic E-state index is 11.4. The fraction of sp³-hybridized carbons (Fsp3) is 0.600. The van der Waals surface area contributed by atoms with Crippen molar-refractivity contribution in [2.24, 2.45) is 0 Å². The lowest BCUT2D eigenvalue weighted by atomic mass is 9.99. The van der Waals surface area contributed by atoms with Gasteiger partial charge in [-0.3, -0.25) is 0 Å². The second-order valence-electron chi connectivity index (χ2n) is 5.22.